The molecule has 0 atom stereocenters. The molecule has 4 rings (SSSR count). The first-order valence-corrected chi connectivity index (χ1v) is 7.53. The minimum absolute atomic E-state index is 0.739. The monoisotopic (exact) mass is 294 g/mol. The van der Waals surface area contributed by atoms with Gasteiger partial charge < -0.3 is 0 Å². The predicted octanol–water partition coefficient (Wildman–Crippen LogP) is 4.92. The lowest BCUT2D eigenvalue weighted by molar-refractivity contribution is 1.16. The highest BCUT2D eigenvalue weighted by Gasteiger charge is 2.11. The Kier molecular flexibility index (Phi) is 3.44. The summed E-state index contributed by atoms with van der Waals surface area (Å²) in [5.41, 5.74) is 8.09. The molecule has 0 bridgehead atoms. The quantitative estimate of drug-likeness (QED) is 0.641. The molecule has 0 unspecified atom stereocenters. The summed E-state index contributed by atoms with van der Waals surface area (Å²) in [5.74, 6) is 0.739. The lowest BCUT2D eigenvalue weighted by Crippen LogP contribution is -1.97. The molecule has 2 nitrogen and oxygen atoms in total. The van der Waals surface area contributed by atoms with Crippen LogP contribution in [0.2, 0.25) is 0 Å². The first-order valence-electron chi connectivity index (χ1n) is 7.53. The number of allylic oxidation sites excluding steroid dienone is 3. The van der Waals surface area contributed by atoms with Crippen molar-refractivity contribution in [3.05, 3.63) is 96.4 Å². The second-order valence-electron chi connectivity index (χ2n) is 5.29. The minimum Gasteiger partial charge on any atom is -0.228 e. The molecular weight excluding hydrogens is 280 g/mol. The molecule has 1 aliphatic carbocycles. The van der Waals surface area contributed by atoms with Crippen LogP contribution >= 0.6 is 0 Å². The van der Waals surface area contributed by atoms with Crippen molar-refractivity contribution >= 4 is 5.57 Å². The normalized spacial score (nSPS) is 12.4. The van der Waals surface area contributed by atoms with Gasteiger partial charge in [-0.25, -0.2) is 9.97 Å². The van der Waals surface area contributed by atoms with Gasteiger partial charge in [0.15, 0.2) is 5.82 Å². The van der Waals surface area contributed by atoms with Crippen LogP contribution < -0.4 is 0 Å². The van der Waals surface area contributed by atoms with Gasteiger partial charge in [0.25, 0.3) is 0 Å². The third-order valence-electron chi connectivity index (χ3n) is 3.72. The molecule has 1 heterocycles. The summed E-state index contributed by atoms with van der Waals surface area (Å²) in [6, 6.07) is 22.3. The van der Waals surface area contributed by atoms with Crippen LogP contribution in [0, 0.1) is 0 Å². The van der Waals surface area contributed by atoms with E-state index in [0.717, 1.165) is 33.9 Å². The first-order chi connectivity index (χ1) is 11.4. The number of hydrogen-bond donors (Lipinski definition) is 0. The standard InChI is InChI=1S/C21H14N2/c1-3-9-16(10-4-1)19-15-20(17-11-7-8-12-17)23-21(22-19)18-13-5-2-6-14-18/h1-7,9-15H. The van der Waals surface area contributed by atoms with Gasteiger partial charge in [-0.1, -0.05) is 60.7 Å². The molecule has 1 aromatic heterocycles. The lowest BCUT2D eigenvalue weighted by atomic mass is 10.1. The van der Waals surface area contributed by atoms with Crippen LogP contribution in [0.25, 0.3) is 28.2 Å². The first kappa shape index (κ1) is 13.4. The number of benzene rings is 2. The van der Waals surface area contributed by atoms with Crippen LogP contribution in [-0.4, -0.2) is 9.97 Å². The van der Waals surface area contributed by atoms with Crippen molar-refractivity contribution in [1.29, 1.82) is 0 Å². The highest BCUT2D eigenvalue weighted by Crippen LogP contribution is 2.26. The molecule has 2 aromatic carbocycles. The smallest absolute Gasteiger partial charge is 0.160 e. The van der Waals surface area contributed by atoms with E-state index in [9.17, 15) is 0 Å². The van der Waals surface area contributed by atoms with Crippen molar-refractivity contribution in [1.82, 2.24) is 9.97 Å². The summed E-state index contributed by atoms with van der Waals surface area (Å²) < 4.78 is 0. The molecule has 2 heteroatoms. The fraction of sp³-hybridized carbons (Fsp3) is 0. The van der Waals surface area contributed by atoms with Gasteiger partial charge in [0.2, 0.25) is 0 Å². The predicted molar refractivity (Wildman–Crippen MR) is 93.5 cm³/mol. The maximum atomic E-state index is 4.76. The molecule has 0 saturated heterocycles. The lowest BCUT2D eigenvalue weighted by Gasteiger charge is -2.08. The van der Waals surface area contributed by atoms with Gasteiger partial charge in [0.05, 0.1) is 11.4 Å². The van der Waals surface area contributed by atoms with Crippen molar-refractivity contribution < 1.29 is 0 Å². The molecular formula is C21H14N2. The number of aromatic nitrogens is 2. The number of hydrogen-bond acceptors (Lipinski definition) is 2. The third kappa shape index (κ3) is 2.76. The molecule has 3 aromatic rings. The zero-order valence-electron chi connectivity index (χ0n) is 12.5. The van der Waals surface area contributed by atoms with Crippen LogP contribution in [0.3, 0.4) is 0 Å². The van der Waals surface area contributed by atoms with Crippen LogP contribution in [0.15, 0.2) is 90.7 Å². The molecule has 108 valence electrons. The zero-order chi connectivity index (χ0) is 15.5. The fourth-order valence-electron chi connectivity index (χ4n) is 2.55. The summed E-state index contributed by atoms with van der Waals surface area (Å²) in [7, 11) is 0. The maximum Gasteiger partial charge on any atom is 0.160 e. The highest BCUT2D eigenvalue weighted by atomic mass is 14.9. The number of nitrogens with zero attached hydrogens (tertiary/aromatic N) is 2. The van der Waals surface area contributed by atoms with Gasteiger partial charge >= 0.3 is 0 Å². The van der Waals surface area contributed by atoms with Gasteiger partial charge in [0, 0.05) is 16.7 Å². The van der Waals surface area contributed by atoms with Crippen LogP contribution in [0.5, 0.6) is 0 Å². The van der Waals surface area contributed by atoms with Crippen LogP contribution in [0.1, 0.15) is 5.69 Å². The summed E-state index contributed by atoms with van der Waals surface area (Å²) in [6.45, 7) is 0. The van der Waals surface area contributed by atoms with E-state index in [1.54, 1.807) is 0 Å². The van der Waals surface area contributed by atoms with Crippen molar-refractivity contribution in [2.45, 2.75) is 0 Å². The Balaban J connectivity index is 1.90. The second-order valence-corrected chi connectivity index (χ2v) is 5.29. The summed E-state index contributed by atoms with van der Waals surface area (Å²) in [6.07, 6.45) is 5.87. The molecule has 1 aliphatic rings. The van der Waals surface area contributed by atoms with E-state index in [0.29, 0.717) is 0 Å². The van der Waals surface area contributed by atoms with E-state index in [2.05, 4.69) is 17.9 Å². The molecule has 0 spiro atoms. The van der Waals surface area contributed by atoms with E-state index in [1.165, 1.54) is 0 Å². The van der Waals surface area contributed by atoms with E-state index in [1.807, 2.05) is 72.8 Å². The average molecular weight is 294 g/mol. The van der Waals surface area contributed by atoms with Gasteiger partial charge in [-0.05, 0) is 24.3 Å². The maximum absolute atomic E-state index is 4.76. The Labute approximate surface area is 135 Å². The molecule has 0 amide bonds. The fourth-order valence-corrected chi connectivity index (χ4v) is 2.55. The third-order valence-corrected chi connectivity index (χ3v) is 3.72. The Hall–Kier alpha value is -3.22. The Bertz CT molecular complexity index is 874. The molecule has 0 saturated carbocycles. The summed E-state index contributed by atoms with van der Waals surface area (Å²) in [4.78, 5) is 9.50. The Morgan fingerprint density at radius 1 is 0.696 bits per heavy atom. The van der Waals surface area contributed by atoms with Gasteiger partial charge in [0.1, 0.15) is 0 Å². The molecule has 0 radical (unpaired) electrons. The molecule has 0 aliphatic heterocycles. The van der Waals surface area contributed by atoms with Crippen molar-refractivity contribution in [3.8, 4) is 22.6 Å². The largest absolute Gasteiger partial charge is 0.228 e. The van der Waals surface area contributed by atoms with E-state index in [4.69, 9.17) is 9.97 Å². The van der Waals surface area contributed by atoms with Crippen molar-refractivity contribution in [2.24, 2.45) is 0 Å². The van der Waals surface area contributed by atoms with E-state index < -0.39 is 0 Å². The highest BCUT2D eigenvalue weighted by molar-refractivity contribution is 5.78. The van der Waals surface area contributed by atoms with Gasteiger partial charge in [-0.15, -0.1) is 5.73 Å². The summed E-state index contributed by atoms with van der Waals surface area (Å²) >= 11 is 0. The number of rotatable bonds is 3. The van der Waals surface area contributed by atoms with Crippen molar-refractivity contribution in [3.63, 3.8) is 0 Å². The SMILES string of the molecule is C1=CC=C(c2cc(-c3ccccc3)nc(-c3ccccc3)n2)C=1. The average Bonchev–Trinajstić information content (AvgIpc) is 3.18. The topological polar surface area (TPSA) is 25.8 Å². The van der Waals surface area contributed by atoms with E-state index in [-0.39, 0.29) is 0 Å². The van der Waals surface area contributed by atoms with Gasteiger partial charge in [-0.3, -0.25) is 0 Å². The molecule has 23 heavy (non-hydrogen) atoms. The van der Waals surface area contributed by atoms with Gasteiger partial charge in [-0.2, -0.15) is 0 Å². The van der Waals surface area contributed by atoms with Crippen molar-refractivity contribution in [2.75, 3.05) is 0 Å². The molecule has 0 N–H and O–H groups in total. The van der Waals surface area contributed by atoms with Crippen LogP contribution in [-0.2, 0) is 0 Å². The zero-order valence-corrected chi connectivity index (χ0v) is 12.5. The Morgan fingerprint density at radius 2 is 1.35 bits per heavy atom. The summed E-state index contributed by atoms with van der Waals surface area (Å²) in [5, 5.41) is 0. The van der Waals surface area contributed by atoms with Crippen LogP contribution in [0.4, 0.5) is 0 Å². The molecule has 0 fully saturated rings. The van der Waals surface area contributed by atoms with E-state index >= 15 is 0 Å². The minimum atomic E-state index is 0.739. The second kappa shape index (κ2) is 5.88. The Morgan fingerprint density at radius 3 is 2.00 bits per heavy atom.